The van der Waals surface area contributed by atoms with Gasteiger partial charge in [0.2, 0.25) is 0 Å². The maximum absolute atomic E-state index is 5.56. The zero-order chi connectivity index (χ0) is 6.69. The van der Waals surface area contributed by atoms with Crippen molar-refractivity contribution < 1.29 is 0 Å². The molecule has 1 rings (SSSR count). The predicted octanol–water partition coefficient (Wildman–Crippen LogP) is 2.03. The Morgan fingerprint density at radius 3 is 2.44 bits per heavy atom. The van der Waals surface area contributed by atoms with E-state index in [2.05, 4.69) is 3.53 Å². The molecule has 3 N–H and O–H groups in total. The molecule has 48 valence electrons. The van der Waals surface area contributed by atoms with Crippen LogP contribution < -0.4 is 9.26 Å². The molecule has 3 heteroatoms. The number of nitrogens with one attached hydrogen (secondary N) is 1. The Balaban J connectivity index is 3.01. The van der Waals surface area contributed by atoms with E-state index < -0.39 is 0 Å². The third-order valence-corrected chi connectivity index (χ3v) is 1.64. The smallest absolute Gasteiger partial charge is 0.0660 e. The fourth-order valence-electron chi connectivity index (χ4n) is 0.583. The van der Waals surface area contributed by atoms with Crippen molar-refractivity contribution in [2.75, 3.05) is 9.26 Å². The molecule has 0 aromatic heterocycles. The number of nitrogens with two attached hydrogens (primary N) is 1. The Hall–Kier alpha value is -0.450. The van der Waals surface area contributed by atoms with Crippen LogP contribution in [0.15, 0.2) is 24.3 Å². The highest BCUT2D eigenvalue weighted by Crippen LogP contribution is 2.17. The number of para-hydroxylation sites is 2. The zero-order valence-corrected chi connectivity index (χ0v) is 6.92. The van der Waals surface area contributed by atoms with Gasteiger partial charge in [0, 0.05) is 0 Å². The minimum Gasteiger partial charge on any atom is -0.397 e. The molecule has 0 saturated carbocycles. The molecule has 1 aromatic rings. The fraction of sp³-hybridized carbons (Fsp3) is 0. The van der Waals surface area contributed by atoms with E-state index in [1.54, 1.807) is 0 Å². The first-order valence-corrected chi connectivity index (χ1v) is 3.63. The monoisotopic (exact) mass is 234 g/mol. The Morgan fingerprint density at radius 2 is 2.00 bits per heavy atom. The molecule has 0 aliphatic carbocycles. The zero-order valence-electron chi connectivity index (χ0n) is 4.76. The Labute approximate surface area is 67.9 Å². The summed E-state index contributed by atoms with van der Waals surface area (Å²) in [6, 6.07) is 7.65. The summed E-state index contributed by atoms with van der Waals surface area (Å²) in [5.74, 6) is 0. The summed E-state index contributed by atoms with van der Waals surface area (Å²) in [6.07, 6.45) is 0. The van der Waals surface area contributed by atoms with Gasteiger partial charge in [-0.1, -0.05) is 12.1 Å². The van der Waals surface area contributed by atoms with Crippen LogP contribution in [0.3, 0.4) is 0 Å². The molecule has 0 bridgehead atoms. The SMILES string of the molecule is Nc1ccccc1NI. The van der Waals surface area contributed by atoms with E-state index in [-0.39, 0.29) is 0 Å². The van der Waals surface area contributed by atoms with E-state index in [1.807, 2.05) is 47.1 Å². The van der Waals surface area contributed by atoms with Gasteiger partial charge < -0.3 is 9.26 Å². The lowest BCUT2D eigenvalue weighted by Gasteiger charge is -1.99. The molecule has 0 aliphatic rings. The molecule has 9 heavy (non-hydrogen) atoms. The average Bonchev–Trinajstić information content (AvgIpc) is 1.89. The van der Waals surface area contributed by atoms with Crippen molar-refractivity contribution in [2.24, 2.45) is 0 Å². The molecule has 2 nitrogen and oxygen atoms in total. The van der Waals surface area contributed by atoms with Crippen LogP contribution >= 0.6 is 22.9 Å². The highest BCUT2D eigenvalue weighted by atomic mass is 127. The number of anilines is 2. The molecule has 0 saturated heterocycles. The maximum atomic E-state index is 5.56. The minimum absolute atomic E-state index is 0.784. The van der Waals surface area contributed by atoms with E-state index in [4.69, 9.17) is 5.73 Å². The quantitative estimate of drug-likeness (QED) is 0.443. The van der Waals surface area contributed by atoms with Crippen LogP contribution in [0.4, 0.5) is 11.4 Å². The van der Waals surface area contributed by atoms with E-state index in [9.17, 15) is 0 Å². The lowest BCUT2D eigenvalue weighted by molar-refractivity contribution is 1.68. The number of halogens is 1. The van der Waals surface area contributed by atoms with Crippen molar-refractivity contribution in [3.8, 4) is 0 Å². The average molecular weight is 234 g/mol. The second kappa shape index (κ2) is 2.91. The molecule has 0 heterocycles. The van der Waals surface area contributed by atoms with Crippen LogP contribution in [0.25, 0.3) is 0 Å². The van der Waals surface area contributed by atoms with Gasteiger partial charge in [0.05, 0.1) is 34.2 Å². The van der Waals surface area contributed by atoms with Gasteiger partial charge in [-0.15, -0.1) is 0 Å². The molecule has 0 aliphatic heterocycles. The van der Waals surface area contributed by atoms with Crippen LogP contribution in [0, 0.1) is 0 Å². The Morgan fingerprint density at radius 1 is 1.33 bits per heavy atom. The Kier molecular flexibility index (Phi) is 2.16. The van der Waals surface area contributed by atoms with Gasteiger partial charge in [0.1, 0.15) is 0 Å². The van der Waals surface area contributed by atoms with Gasteiger partial charge in [-0.25, -0.2) is 0 Å². The topological polar surface area (TPSA) is 38.0 Å². The van der Waals surface area contributed by atoms with Gasteiger partial charge in [-0.3, -0.25) is 0 Å². The van der Waals surface area contributed by atoms with Crippen LogP contribution in [-0.4, -0.2) is 0 Å². The van der Waals surface area contributed by atoms with Gasteiger partial charge in [-0.05, 0) is 12.1 Å². The van der Waals surface area contributed by atoms with Crippen LogP contribution in [-0.2, 0) is 0 Å². The summed E-state index contributed by atoms with van der Waals surface area (Å²) in [6.45, 7) is 0. The summed E-state index contributed by atoms with van der Waals surface area (Å²) in [7, 11) is 0. The standard InChI is InChI=1S/C6H7IN2/c7-9-6-4-2-1-3-5(6)8/h1-4,9H,8H2. The highest BCUT2D eigenvalue weighted by Gasteiger charge is 1.90. The fourth-order valence-corrected chi connectivity index (χ4v) is 1.07. The molecule has 1 aromatic carbocycles. The van der Waals surface area contributed by atoms with Crippen LogP contribution in [0.1, 0.15) is 0 Å². The van der Waals surface area contributed by atoms with E-state index in [1.165, 1.54) is 0 Å². The number of rotatable bonds is 1. The number of hydrogen-bond acceptors (Lipinski definition) is 2. The molecular formula is C6H7IN2. The summed E-state index contributed by atoms with van der Waals surface area (Å²) < 4.78 is 2.94. The first-order valence-electron chi connectivity index (χ1n) is 2.56. The number of hydrogen-bond donors (Lipinski definition) is 2. The first kappa shape index (κ1) is 6.67. The second-order valence-corrected chi connectivity index (χ2v) is 2.22. The maximum Gasteiger partial charge on any atom is 0.0660 e. The summed E-state index contributed by atoms with van der Waals surface area (Å²) in [5, 5.41) is 0. The van der Waals surface area contributed by atoms with Crippen LogP contribution in [0.2, 0.25) is 0 Å². The van der Waals surface area contributed by atoms with E-state index in [0.717, 1.165) is 11.4 Å². The second-order valence-electron chi connectivity index (χ2n) is 1.68. The Bertz CT molecular complexity index is 200. The first-order chi connectivity index (χ1) is 4.34. The van der Waals surface area contributed by atoms with Gasteiger partial charge in [0.25, 0.3) is 0 Å². The minimum atomic E-state index is 0.784. The van der Waals surface area contributed by atoms with Gasteiger partial charge in [0.15, 0.2) is 0 Å². The summed E-state index contributed by atoms with van der Waals surface area (Å²) >= 11 is 2.05. The van der Waals surface area contributed by atoms with Crippen molar-refractivity contribution in [3.05, 3.63) is 24.3 Å². The molecule has 0 amide bonds. The molecule has 0 atom stereocenters. The highest BCUT2D eigenvalue weighted by molar-refractivity contribution is 14.1. The van der Waals surface area contributed by atoms with Crippen molar-refractivity contribution in [1.29, 1.82) is 0 Å². The third-order valence-electron chi connectivity index (χ3n) is 1.06. The molecule has 0 spiro atoms. The number of benzene rings is 1. The van der Waals surface area contributed by atoms with E-state index >= 15 is 0 Å². The van der Waals surface area contributed by atoms with Crippen molar-refractivity contribution in [1.82, 2.24) is 0 Å². The third kappa shape index (κ3) is 1.48. The predicted molar refractivity (Wildman–Crippen MR) is 48.5 cm³/mol. The lowest BCUT2D eigenvalue weighted by Crippen LogP contribution is -1.88. The molecule has 0 fully saturated rings. The normalized spacial score (nSPS) is 9.00. The van der Waals surface area contributed by atoms with Crippen molar-refractivity contribution in [3.63, 3.8) is 0 Å². The molecular weight excluding hydrogens is 227 g/mol. The molecule has 0 unspecified atom stereocenters. The number of nitrogen functional groups attached to an aromatic ring is 1. The van der Waals surface area contributed by atoms with Crippen molar-refractivity contribution >= 4 is 34.2 Å². The van der Waals surface area contributed by atoms with Crippen molar-refractivity contribution in [2.45, 2.75) is 0 Å². The van der Waals surface area contributed by atoms with E-state index in [0.29, 0.717) is 0 Å². The van der Waals surface area contributed by atoms with Crippen LogP contribution in [0.5, 0.6) is 0 Å². The molecule has 0 radical (unpaired) electrons. The largest absolute Gasteiger partial charge is 0.397 e. The summed E-state index contributed by atoms with van der Waals surface area (Å²) in [4.78, 5) is 0. The lowest BCUT2D eigenvalue weighted by atomic mass is 10.3. The van der Waals surface area contributed by atoms with Gasteiger partial charge in [-0.2, -0.15) is 0 Å². The van der Waals surface area contributed by atoms with Gasteiger partial charge >= 0.3 is 0 Å². The summed E-state index contributed by atoms with van der Waals surface area (Å²) in [5.41, 5.74) is 7.32.